The molecule has 1 aliphatic rings. The van der Waals surface area contributed by atoms with Gasteiger partial charge in [-0.05, 0) is 36.7 Å². The molecule has 0 spiro atoms. The minimum Gasteiger partial charge on any atom is -0.368 e. The SMILES string of the molecule is [2H]c1cc([C@H]2CO2)ccc1S(=O)c1ccc(C)cc1. The maximum Gasteiger partial charge on any atom is 0.106 e. The summed E-state index contributed by atoms with van der Waals surface area (Å²) in [5.74, 6) is 0. The number of hydrogen-bond acceptors (Lipinski definition) is 2. The van der Waals surface area contributed by atoms with Crippen molar-refractivity contribution in [2.24, 2.45) is 0 Å². The smallest absolute Gasteiger partial charge is 0.106 e. The van der Waals surface area contributed by atoms with Gasteiger partial charge in [0.05, 0.1) is 18.8 Å². The van der Waals surface area contributed by atoms with Gasteiger partial charge >= 0.3 is 0 Å². The molecule has 3 heteroatoms. The molecule has 0 aliphatic carbocycles. The van der Waals surface area contributed by atoms with Crippen molar-refractivity contribution in [2.45, 2.75) is 22.8 Å². The van der Waals surface area contributed by atoms with Crippen LogP contribution in [0.4, 0.5) is 0 Å². The molecule has 92 valence electrons. The topological polar surface area (TPSA) is 29.6 Å². The van der Waals surface area contributed by atoms with Gasteiger partial charge in [0.1, 0.15) is 6.10 Å². The van der Waals surface area contributed by atoms with Gasteiger partial charge < -0.3 is 4.74 Å². The van der Waals surface area contributed by atoms with Gasteiger partial charge in [-0.3, -0.25) is 0 Å². The van der Waals surface area contributed by atoms with Gasteiger partial charge in [0.25, 0.3) is 0 Å². The van der Waals surface area contributed by atoms with Crippen molar-refractivity contribution in [1.82, 2.24) is 0 Å². The zero-order valence-corrected chi connectivity index (χ0v) is 10.9. The quantitative estimate of drug-likeness (QED) is 0.792. The van der Waals surface area contributed by atoms with Crippen LogP contribution in [0, 0.1) is 6.92 Å². The molecule has 2 nitrogen and oxygen atoms in total. The lowest BCUT2D eigenvalue weighted by Gasteiger charge is -2.04. The molecule has 2 aromatic rings. The highest BCUT2D eigenvalue weighted by atomic mass is 32.2. The van der Waals surface area contributed by atoms with E-state index in [0.29, 0.717) is 10.9 Å². The molecule has 0 aromatic heterocycles. The summed E-state index contributed by atoms with van der Waals surface area (Å²) < 4.78 is 25.6. The number of epoxide rings is 1. The zero-order valence-electron chi connectivity index (χ0n) is 11.1. The Balaban J connectivity index is 1.92. The van der Waals surface area contributed by atoms with E-state index in [0.717, 1.165) is 22.6 Å². The summed E-state index contributed by atoms with van der Waals surface area (Å²) in [7, 11) is -1.30. The molecule has 1 unspecified atom stereocenters. The first kappa shape index (κ1) is 10.5. The number of ether oxygens (including phenoxy) is 1. The van der Waals surface area contributed by atoms with E-state index in [1.807, 2.05) is 37.3 Å². The normalized spacial score (nSPS) is 20.3. The minimum absolute atomic E-state index is 0.131. The van der Waals surface area contributed by atoms with Crippen LogP contribution in [0.5, 0.6) is 0 Å². The number of hydrogen-bond donors (Lipinski definition) is 0. The van der Waals surface area contributed by atoms with Crippen LogP contribution < -0.4 is 0 Å². The molecule has 0 saturated carbocycles. The lowest BCUT2D eigenvalue weighted by molar-refractivity contribution is 0.415. The van der Waals surface area contributed by atoms with Crippen LogP contribution in [0.2, 0.25) is 0 Å². The fourth-order valence-electron chi connectivity index (χ4n) is 1.77. The van der Waals surface area contributed by atoms with Crippen LogP contribution in [0.25, 0.3) is 0 Å². The molecule has 1 aliphatic heterocycles. The zero-order chi connectivity index (χ0) is 13.4. The van der Waals surface area contributed by atoms with Gasteiger partial charge in [-0.15, -0.1) is 0 Å². The van der Waals surface area contributed by atoms with Gasteiger partial charge in [0.15, 0.2) is 0 Å². The van der Waals surface area contributed by atoms with Gasteiger partial charge in [0.2, 0.25) is 0 Å². The molecule has 1 heterocycles. The Hall–Kier alpha value is -1.45. The fourth-order valence-corrected chi connectivity index (χ4v) is 2.76. The molecule has 0 bridgehead atoms. The summed E-state index contributed by atoms with van der Waals surface area (Å²) in [6, 6.07) is 13.3. The highest BCUT2D eigenvalue weighted by Gasteiger charge is 2.24. The van der Waals surface area contributed by atoms with Crippen molar-refractivity contribution >= 4 is 10.8 Å². The highest BCUT2D eigenvalue weighted by Crippen LogP contribution is 2.30. The van der Waals surface area contributed by atoms with E-state index in [1.165, 1.54) is 0 Å². The molecular weight excluding hydrogens is 244 g/mol. The molecule has 0 N–H and O–H groups in total. The number of rotatable bonds is 3. The molecule has 0 amide bonds. The Labute approximate surface area is 110 Å². The second-order valence-electron chi connectivity index (χ2n) is 4.39. The third-order valence-electron chi connectivity index (χ3n) is 2.95. The lowest BCUT2D eigenvalue weighted by Crippen LogP contribution is -1.93. The number of aryl methyl sites for hydroxylation is 1. The maximum atomic E-state index is 12.4. The van der Waals surface area contributed by atoms with Crippen LogP contribution in [0.1, 0.15) is 18.6 Å². The van der Waals surface area contributed by atoms with Crippen molar-refractivity contribution in [3.63, 3.8) is 0 Å². The van der Waals surface area contributed by atoms with E-state index >= 15 is 0 Å². The molecular formula is C15H14O2S. The third-order valence-corrected chi connectivity index (χ3v) is 4.30. The van der Waals surface area contributed by atoms with E-state index in [2.05, 4.69) is 0 Å². The molecule has 18 heavy (non-hydrogen) atoms. The summed E-state index contributed by atoms with van der Waals surface area (Å²) >= 11 is 0. The second-order valence-corrected chi connectivity index (χ2v) is 5.84. The van der Waals surface area contributed by atoms with E-state index in [-0.39, 0.29) is 6.10 Å². The van der Waals surface area contributed by atoms with Gasteiger partial charge in [-0.2, -0.15) is 0 Å². The molecule has 2 aromatic carbocycles. The maximum absolute atomic E-state index is 12.4. The van der Waals surface area contributed by atoms with Crippen LogP contribution in [0.3, 0.4) is 0 Å². The summed E-state index contributed by atoms with van der Waals surface area (Å²) in [6.07, 6.45) is 0.131. The average molecular weight is 259 g/mol. The van der Waals surface area contributed by atoms with Crippen molar-refractivity contribution in [2.75, 3.05) is 6.61 Å². The van der Waals surface area contributed by atoms with E-state index in [9.17, 15) is 4.21 Å². The monoisotopic (exact) mass is 259 g/mol. The van der Waals surface area contributed by atoms with Gasteiger partial charge in [-0.1, -0.05) is 29.8 Å². The molecule has 1 saturated heterocycles. The standard InChI is InChI=1S/C15H14O2S/c1-11-2-6-13(7-3-11)18(16)14-8-4-12(5-9-14)15-10-17-15/h2-9,15H,10H2,1H3/t15-,18?/m1/s1/i8D. The predicted octanol–water partition coefficient (Wildman–Crippen LogP) is 3.23. The Morgan fingerprint density at radius 3 is 2.44 bits per heavy atom. The number of benzene rings is 2. The van der Waals surface area contributed by atoms with E-state index in [4.69, 9.17) is 6.11 Å². The second kappa shape index (κ2) is 4.67. The predicted molar refractivity (Wildman–Crippen MR) is 71.0 cm³/mol. The van der Waals surface area contributed by atoms with Gasteiger partial charge in [-0.25, -0.2) is 4.21 Å². The third kappa shape index (κ3) is 2.37. The molecule has 1 fully saturated rings. The van der Waals surface area contributed by atoms with Crippen LogP contribution >= 0.6 is 0 Å². The van der Waals surface area contributed by atoms with Crippen molar-refractivity contribution in [3.05, 3.63) is 59.6 Å². The van der Waals surface area contributed by atoms with Crippen molar-refractivity contribution in [1.29, 1.82) is 0 Å². The van der Waals surface area contributed by atoms with Crippen molar-refractivity contribution in [3.8, 4) is 0 Å². The summed E-state index contributed by atoms with van der Waals surface area (Å²) in [5.41, 5.74) is 2.13. The molecule has 2 atom stereocenters. The van der Waals surface area contributed by atoms with Crippen molar-refractivity contribution < 1.29 is 10.3 Å². The Kier molecular flexibility index (Phi) is 2.72. The summed E-state index contributed by atoms with van der Waals surface area (Å²) in [4.78, 5) is 1.28. The Morgan fingerprint density at radius 1 is 1.17 bits per heavy atom. The molecule has 3 rings (SSSR count). The first-order valence-corrected chi connectivity index (χ1v) is 7.01. The van der Waals surface area contributed by atoms with E-state index in [1.54, 1.807) is 12.1 Å². The largest absolute Gasteiger partial charge is 0.368 e. The van der Waals surface area contributed by atoms with Crippen LogP contribution in [-0.4, -0.2) is 10.8 Å². The molecule has 0 radical (unpaired) electrons. The highest BCUT2D eigenvalue weighted by molar-refractivity contribution is 7.85. The first-order valence-electron chi connectivity index (χ1n) is 6.36. The summed E-state index contributed by atoms with van der Waals surface area (Å²) in [6.45, 7) is 2.72. The Bertz CT molecular complexity index is 633. The summed E-state index contributed by atoms with van der Waals surface area (Å²) in [5, 5.41) is 0. The average Bonchev–Trinajstić information content (AvgIpc) is 3.23. The van der Waals surface area contributed by atoms with E-state index < -0.39 is 10.8 Å². The minimum atomic E-state index is -1.30. The first-order chi connectivity index (χ1) is 9.15. The lowest BCUT2D eigenvalue weighted by atomic mass is 10.2. The van der Waals surface area contributed by atoms with Crippen LogP contribution in [0.15, 0.2) is 58.3 Å². The fraction of sp³-hybridized carbons (Fsp3) is 0.200. The van der Waals surface area contributed by atoms with Crippen LogP contribution in [-0.2, 0) is 15.5 Å². The Morgan fingerprint density at radius 2 is 1.83 bits per heavy atom. The van der Waals surface area contributed by atoms with Gasteiger partial charge in [0, 0.05) is 9.79 Å².